The van der Waals surface area contributed by atoms with Crippen molar-refractivity contribution < 1.29 is 23.7 Å². The molecule has 1 aromatic heterocycles. The second-order valence-corrected chi connectivity index (χ2v) is 8.17. The number of anilines is 1. The molecule has 0 saturated carbocycles. The van der Waals surface area contributed by atoms with E-state index in [0.717, 1.165) is 10.9 Å². The number of methoxy groups -OCH3 is 4. The summed E-state index contributed by atoms with van der Waals surface area (Å²) in [5, 5.41) is 0.829. The van der Waals surface area contributed by atoms with Gasteiger partial charge in [0.15, 0.2) is 11.5 Å². The lowest BCUT2D eigenvalue weighted by molar-refractivity contribution is 0.0984. The van der Waals surface area contributed by atoms with Crippen LogP contribution in [0.2, 0.25) is 0 Å². The Morgan fingerprint density at radius 2 is 1.56 bits per heavy atom. The molecule has 4 aromatic rings. The fraction of sp³-hybridized carbons (Fsp3) is 0.214. The molecular formula is C28H28N2O6. The van der Waals surface area contributed by atoms with E-state index in [1.807, 2.05) is 43.3 Å². The molecule has 8 heteroatoms. The van der Waals surface area contributed by atoms with Crippen LogP contribution < -0.4 is 29.4 Å². The molecule has 1 amide bonds. The van der Waals surface area contributed by atoms with Crippen LogP contribution in [-0.2, 0) is 6.54 Å². The zero-order valence-electron chi connectivity index (χ0n) is 20.9. The Kier molecular flexibility index (Phi) is 7.15. The predicted molar refractivity (Wildman–Crippen MR) is 139 cm³/mol. The van der Waals surface area contributed by atoms with Crippen molar-refractivity contribution in [2.24, 2.45) is 0 Å². The molecule has 1 heterocycles. The van der Waals surface area contributed by atoms with Crippen molar-refractivity contribution in [2.45, 2.75) is 13.5 Å². The smallest absolute Gasteiger partial charge is 0.258 e. The normalized spacial score (nSPS) is 10.7. The first-order valence-corrected chi connectivity index (χ1v) is 11.3. The van der Waals surface area contributed by atoms with Gasteiger partial charge in [-0.15, -0.1) is 0 Å². The number of rotatable bonds is 8. The lowest BCUT2D eigenvalue weighted by Gasteiger charge is -2.25. The van der Waals surface area contributed by atoms with Crippen LogP contribution in [0.4, 0.5) is 5.69 Å². The van der Waals surface area contributed by atoms with Gasteiger partial charge in [-0.25, -0.2) is 0 Å². The maximum absolute atomic E-state index is 13.9. The molecule has 0 fully saturated rings. The van der Waals surface area contributed by atoms with Gasteiger partial charge in [0.25, 0.3) is 11.5 Å². The number of aromatic nitrogens is 1. The Hall–Kier alpha value is -4.46. The van der Waals surface area contributed by atoms with E-state index in [-0.39, 0.29) is 18.0 Å². The number of hydrogen-bond acceptors (Lipinski definition) is 6. The van der Waals surface area contributed by atoms with E-state index in [1.54, 1.807) is 36.3 Å². The first-order chi connectivity index (χ1) is 17.4. The minimum absolute atomic E-state index is 0.0532. The Morgan fingerprint density at radius 1 is 0.861 bits per heavy atom. The Morgan fingerprint density at radius 3 is 2.17 bits per heavy atom. The highest BCUT2D eigenvalue weighted by Crippen LogP contribution is 2.39. The van der Waals surface area contributed by atoms with Gasteiger partial charge >= 0.3 is 0 Å². The topological polar surface area (TPSA) is 90.1 Å². The van der Waals surface area contributed by atoms with Gasteiger partial charge in [0.2, 0.25) is 5.75 Å². The highest BCUT2D eigenvalue weighted by Gasteiger charge is 2.24. The summed E-state index contributed by atoms with van der Waals surface area (Å²) >= 11 is 0. The van der Waals surface area contributed by atoms with Gasteiger partial charge < -0.3 is 28.8 Å². The number of H-pyrrole nitrogens is 1. The molecule has 0 radical (unpaired) electrons. The number of hydrogen-bond donors (Lipinski definition) is 1. The van der Waals surface area contributed by atoms with E-state index in [9.17, 15) is 9.59 Å². The highest BCUT2D eigenvalue weighted by atomic mass is 16.5. The molecule has 0 bridgehead atoms. The molecular weight excluding hydrogens is 460 g/mol. The van der Waals surface area contributed by atoms with Crippen LogP contribution in [-0.4, -0.2) is 39.3 Å². The molecule has 1 N–H and O–H groups in total. The lowest BCUT2D eigenvalue weighted by atomic mass is 10.1. The number of nitrogens with zero attached hydrogens (tertiary/aromatic N) is 1. The number of amides is 1. The van der Waals surface area contributed by atoms with Gasteiger partial charge in [0.1, 0.15) is 5.75 Å². The second kappa shape index (κ2) is 10.4. The average Bonchev–Trinajstić information content (AvgIpc) is 2.90. The average molecular weight is 489 g/mol. The first kappa shape index (κ1) is 24.7. The third-order valence-electron chi connectivity index (χ3n) is 6.02. The summed E-state index contributed by atoms with van der Waals surface area (Å²) < 4.78 is 21.5. The fourth-order valence-electron chi connectivity index (χ4n) is 4.13. The molecule has 4 rings (SSSR count). The summed E-state index contributed by atoms with van der Waals surface area (Å²) in [4.78, 5) is 31.5. The van der Waals surface area contributed by atoms with Crippen molar-refractivity contribution in [1.29, 1.82) is 0 Å². The van der Waals surface area contributed by atoms with E-state index in [1.165, 1.54) is 21.3 Å². The van der Waals surface area contributed by atoms with E-state index in [4.69, 9.17) is 18.9 Å². The van der Waals surface area contributed by atoms with Gasteiger partial charge in [-0.1, -0.05) is 18.2 Å². The van der Waals surface area contributed by atoms with Gasteiger partial charge in [0.05, 0.1) is 40.5 Å². The largest absolute Gasteiger partial charge is 0.497 e. The highest BCUT2D eigenvalue weighted by molar-refractivity contribution is 6.07. The van der Waals surface area contributed by atoms with Crippen molar-refractivity contribution in [3.8, 4) is 23.0 Å². The fourth-order valence-corrected chi connectivity index (χ4v) is 4.13. The number of benzene rings is 3. The van der Waals surface area contributed by atoms with Crippen molar-refractivity contribution >= 4 is 22.5 Å². The van der Waals surface area contributed by atoms with Gasteiger partial charge in [-0.05, 0) is 54.3 Å². The molecule has 0 unspecified atom stereocenters. The summed E-state index contributed by atoms with van der Waals surface area (Å²) in [5.74, 6) is 1.44. The summed E-state index contributed by atoms with van der Waals surface area (Å²) in [6.07, 6.45) is 0. The predicted octanol–water partition coefficient (Wildman–Crippen LogP) is 4.72. The number of aryl methyl sites for hydroxylation is 1. The monoisotopic (exact) mass is 488 g/mol. The van der Waals surface area contributed by atoms with Crippen molar-refractivity contribution in [3.05, 3.63) is 87.7 Å². The Balaban J connectivity index is 1.83. The minimum atomic E-state index is -0.321. The third kappa shape index (κ3) is 4.70. The first-order valence-electron chi connectivity index (χ1n) is 11.3. The lowest BCUT2D eigenvalue weighted by Crippen LogP contribution is -2.33. The number of nitrogens with one attached hydrogen (secondary N) is 1. The van der Waals surface area contributed by atoms with Gasteiger partial charge in [-0.2, -0.15) is 0 Å². The molecule has 0 spiro atoms. The summed E-state index contributed by atoms with van der Waals surface area (Å²) in [6.45, 7) is 1.97. The van der Waals surface area contributed by atoms with E-state index < -0.39 is 0 Å². The third-order valence-corrected chi connectivity index (χ3v) is 6.02. The zero-order chi connectivity index (χ0) is 25.8. The van der Waals surface area contributed by atoms with Crippen LogP contribution in [0.25, 0.3) is 10.9 Å². The maximum atomic E-state index is 13.9. The number of ether oxygens (including phenoxy) is 4. The molecule has 0 aliphatic carbocycles. The molecule has 36 heavy (non-hydrogen) atoms. The number of pyridine rings is 1. The minimum Gasteiger partial charge on any atom is -0.497 e. The zero-order valence-corrected chi connectivity index (χ0v) is 20.9. The van der Waals surface area contributed by atoms with E-state index in [2.05, 4.69) is 4.98 Å². The molecule has 8 nitrogen and oxygen atoms in total. The molecule has 3 aromatic carbocycles. The number of carbonyl (C=O) groups excluding carboxylic acids is 1. The van der Waals surface area contributed by atoms with Crippen LogP contribution in [0, 0.1) is 6.92 Å². The molecule has 0 saturated heterocycles. The summed E-state index contributed by atoms with van der Waals surface area (Å²) in [7, 11) is 6.06. The van der Waals surface area contributed by atoms with Crippen LogP contribution in [0.15, 0.2) is 65.5 Å². The number of aromatic amines is 1. The van der Waals surface area contributed by atoms with E-state index >= 15 is 0 Å². The second-order valence-electron chi connectivity index (χ2n) is 8.17. The van der Waals surface area contributed by atoms with Crippen molar-refractivity contribution in [3.63, 3.8) is 0 Å². The molecule has 0 aliphatic heterocycles. The Bertz CT molecular complexity index is 1450. The van der Waals surface area contributed by atoms with Crippen molar-refractivity contribution in [1.82, 2.24) is 4.98 Å². The van der Waals surface area contributed by atoms with Crippen LogP contribution in [0.3, 0.4) is 0 Å². The molecule has 0 atom stereocenters. The van der Waals surface area contributed by atoms with Crippen molar-refractivity contribution in [2.75, 3.05) is 33.3 Å². The Labute approximate surface area is 209 Å². The van der Waals surface area contributed by atoms with Crippen LogP contribution in [0.1, 0.15) is 21.5 Å². The van der Waals surface area contributed by atoms with Crippen LogP contribution in [0.5, 0.6) is 23.0 Å². The number of para-hydroxylation sites is 1. The number of fused-ring (bicyclic) bond motifs is 1. The van der Waals surface area contributed by atoms with Gasteiger partial charge in [0, 0.05) is 22.9 Å². The van der Waals surface area contributed by atoms with Gasteiger partial charge in [-0.3, -0.25) is 9.59 Å². The standard InChI is InChI=1S/C28H28N2O6/c1-17-8-6-7-9-23(17)30(28(32)19-13-24(34-3)26(36-5)25(14-19)35-4)16-20-12-18-10-11-21(33-2)15-22(18)29-27(20)31/h6-15H,16H2,1-5H3,(H,29,31). The molecule has 186 valence electrons. The SMILES string of the molecule is COc1ccc2cc(CN(C(=O)c3cc(OC)c(OC)c(OC)c3)c3ccccc3C)c(=O)[nH]c2c1. The summed E-state index contributed by atoms with van der Waals surface area (Å²) in [5.41, 5.74) is 2.71. The molecule has 0 aliphatic rings. The van der Waals surface area contributed by atoms with Crippen LogP contribution >= 0.6 is 0 Å². The quantitative estimate of drug-likeness (QED) is 0.386. The number of carbonyl (C=O) groups is 1. The van der Waals surface area contributed by atoms with E-state index in [0.29, 0.717) is 45.3 Å². The maximum Gasteiger partial charge on any atom is 0.258 e. The summed E-state index contributed by atoms with van der Waals surface area (Å²) in [6, 6.07) is 18.0.